The van der Waals surface area contributed by atoms with Gasteiger partial charge in [-0.1, -0.05) is 26.0 Å². The summed E-state index contributed by atoms with van der Waals surface area (Å²) in [5, 5.41) is 10.5. The summed E-state index contributed by atoms with van der Waals surface area (Å²) < 4.78 is 13.7. The van der Waals surface area contributed by atoms with Gasteiger partial charge in [0, 0.05) is 23.6 Å². The van der Waals surface area contributed by atoms with Crippen LogP contribution >= 0.6 is 0 Å². The quantitative estimate of drug-likeness (QED) is 0.615. The van der Waals surface area contributed by atoms with E-state index in [4.69, 9.17) is 5.73 Å². The Bertz CT molecular complexity index is 391. The molecular formula is C10H13FN2O2. The highest BCUT2D eigenvalue weighted by Crippen LogP contribution is 2.29. The summed E-state index contributed by atoms with van der Waals surface area (Å²) in [4.78, 5) is 9.79. The van der Waals surface area contributed by atoms with Crippen molar-refractivity contribution < 1.29 is 9.31 Å². The smallest absolute Gasteiger partial charge is 0.305 e. The molecule has 0 spiro atoms. The van der Waals surface area contributed by atoms with E-state index in [0.29, 0.717) is 0 Å². The van der Waals surface area contributed by atoms with Gasteiger partial charge in [0.15, 0.2) is 0 Å². The first-order chi connectivity index (χ1) is 6.90. The predicted octanol–water partition coefficient (Wildman–Crippen LogP) is 1.97. The van der Waals surface area contributed by atoms with Gasteiger partial charge in [0.2, 0.25) is 5.82 Å². The van der Waals surface area contributed by atoms with Crippen LogP contribution in [0.15, 0.2) is 18.2 Å². The van der Waals surface area contributed by atoms with E-state index in [9.17, 15) is 14.5 Å². The molecule has 0 heterocycles. The van der Waals surface area contributed by atoms with Gasteiger partial charge in [-0.05, 0) is 0 Å². The number of benzene rings is 1. The molecule has 0 bridgehead atoms. The Hall–Kier alpha value is -1.49. The van der Waals surface area contributed by atoms with E-state index < -0.39 is 21.8 Å². The minimum atomic E-state index is -0.794. The van der Waals surface area contributed by atoms with Crippen LogP contribution in [0.4, 0.5) is 10.1 Å². The maximum atomic E-state index is 13.7. The number of nitrogens with zero attached hydrogens (tertiary/aromatic N) is 1. The Balaban J connectivity index is 3.33. The Morgan fingerprint density at radius 3 is 2.60 bits per heavy atom. The lowest BCUT2D eigenvalue weighted by molar-refractivity contribution is -0.387. The molecule has 0 radical (unpaired) electrons. The van der Waals surface area contributed by atoms with Crippen molar-refractivity contribution in [2.45, 2.75) is 19.3 Å². The molecule has 1 aromatic carbocycles. The molecule has 0 unspecified atom stereocenters. The number of nitro benzene ring substituents is 1. The van der Waals surface area contributed by atoms with Crippen molar-refractivity contribution in [1.82, 2.24) is 0 Å². The molecule has 2 N–H and O–H groups in total. The maximum Gasteiger partial charge on any atom is 0.305 e. The van der Waals surface area contributed by atoms with Crippen molar-refractivity contribution in [3.8, 4) is 0 Å². The van der Waals surface area contributed by atoms with E-state index in [1.807, 2.05) is 0 Å². The first-order valence-corrected chi connectivity index (χ1v) is 4.53. The standard InChI is InChI=1S/C10H13FN2O2/c1-10(2,6-12)7-4-3-5-8(9(7)11)13(14)15/h3-5H,6,12H2,1-2H3. The van der Waals surface area contributed by atoms with Gasteiger partial charge in [0.25, 0.3) is 0 Å². The average Bonchev–Trinajstić information content (AvgIpc) is 2.17. The van der Waals surface area contributed by atoms with E-state index in [0.717, 1.165) is 6.07 Å². The highest BCUT2D eigenvalue weighted by Gasteiger charge is 2.27. The molecule has 5 heteroatoms. The lowest BCUT2D eigenvalue weighted by Gasteiger charge is -2.23. The van der Waals surface area contributed by atoms with Gasteiger partial charge in [-0.3, -0.25) is 10.1 Å². The average molecular weight is 212 g/mol. The topological polar surface area (TPSA) is 69.2 Å². The minimum absolute atomic E-state index is 0.227. The molecule has 0 amide bonds. The zero-order valence-corrected chi connectivity index (χ0v) is 8.66. The molecule has 15 heavy (non-hydrogen) atoms. The molecule has 0 aliphatic heterocycles. The SMILES string of the molecule is CC(C)(CN)c1cccc([N+](=O)[O-])c1F. The van der Waals surface area contributed by atoms with Crippen LogP contribution in [-0.4, -0.2) is 11.5 Å². The van der Waals surface area contributed by atoms with E-state index in [1.54, 1.807) is 13.8 Å². The molecule has 0 aliphatic carbocycles. The molecular weight excluding hydrogens is 199 g/mol. The Labute approximate surface area is 87.0 Å². The fourth-order valence-electron chi connectivity index (χ4n) is 1.29. The predicted molar refractivity (Wildman–Crippen MR) is 55.1 cm³/mol. The van der Waals surface area contributed by atoms with Crippen molar-refractivity contribution in [3.63, 3.8) is 0 Å². The van der Waals surface area contributed by atoms with Crippen molar-refractivity contribution in [1.29, 1.82) is 0 Å². The third-order valence-corrected chi connectivity index (χ3v) is 2.41. The third kappa shape index (κ3) is 2.12. The molecule has 0 saturated carbocycles. The van der Waals surface area contributed by atoms with Crippen LogP contribution in [0.25, 0.3) is 0 Å². The first kappa shape index (κ1) is 11.6. The van der Waals surface area contributed by atoms with Gasteiger partial charge >= 0.3 is 5.69 Å². The van der Waals surface area contributed by atoms with E-state index >= 15 is 0 Å². The normalized spacial score (nSPS) is 11.5. The second kappa shape index (κ2) is 3.94. The van der Waals surface area contributed by atoms with E-state index in [1.165, 1.54) is 12.1 Å². The van der Waals surface area contributed by atoms with E-state index in [2.05, 4.69) is 0 Å². The fourth-order valence-corrected chi connectivity index (χ4v) is 1.29. The summed E-state index contributed by atoms with van der Waals surface area (Å²) in [7, 11) is 0. The highest BCUT2D eigenvalue weighted by molar-refractivity contribution is 5.40. The number of hydrogen-bond acceptors (Lipinski definition) is 3. The zero-order chi connectivity index (χ0) is 11.6. The second-order valence-electron chi connectivity index (χ2n) is 3.98. The van der Waals surface area contributed by atoms with Crippen LogP contribution in [0.5, 0.6) is 0 Å². The largest absolute Gasteiger partial charge is 0.330 e. The molecule has 1 aromatic rings. The van der Waals surface area contributed by atoms with Crippen LogP contribution in [-0.2, 0) is 5.41 Å². The fraction of sp³-hybridized carbons (Fsp3) is 0.400. The van der Waals surface area contributed by atoms with Crippen LogP contribution in [0, 0.1) is 15.9 Å². The van der Waals surface area contributed by atoms with Crippen LogP contribution in [0.1, 0.15) is 19.4 Å². The Morgan fingerprint density at radius 1 is 1.53 bits per heavy atom. The number of hydrogen-bond donors (Lipinski definition) is 1. The van der Waals surface area contributed by atoms with E-state index in [-0.39, 0.29) is 12.1 Å². The van der Waals surface area contributed by atoms with Crippen molar-refractivity contribution in [3.05, 3.63) is 39.7 Å². The molecule has 82 valence electrons. The van der Waals surface area contributed by atoms with Crippen molar-refractivity contribution in [2.75, 3.05) is 6.54 Å². The molecule has 0 aliphatic rings. The summed E-state index contributed by atoms with van der Waals surface area (Å²) in [6.07, 6.45) is 0. The van der Waals surface area contributed by atoms with Gasteiger partial charge in [0.1, 0.15) is 0 Å². The first-order valence-electron chi connectivity index (χ1n) is 4.53. The number of nitro groups is 1. The number of halogens is 1. The van der Waals surface area contributed by atoms with Crippen LogP contribution in [0.3, 0.4) is 0 Å². The van der Waals surface area contributed by atoms with Crippen LogP contribution in [0.2, 0.25) is 0 Å². The molecule has 0 fully saturated rings. The monoisotopic (exact) mass is 212 g/mol. The number of rotatable bonds is 3. The Morgan fingerprint density at radius 2 is 2.13 bits per heavy atom. The minimum Gasteiger partial charge on any atom is -0.330 e. The third-order valence-electron chi connectivity index (χ3n) is 2.41. The summed E-state index contributed by atoms with van der Waals surface area (Å²) in [5.74, 6) is -0.794. The maximum absolute atomic E-state index is 13.7. The number of nitrogens with two attached hydrogens (primary N) is 1. The van der Waals surface area contributed by atoms with Crippen molar-refractivity contribution in [2.24, 2.45) is 5.73 Å². The molecule has 0 atom stereocenters. The van der Waals surface area contributed by atoms with Crippen LogP contribution < -0.4 is 5.73 Å². The lowest BCUT2D eigenvalue weighted by Crippen LogP contribution is -2.29. The molecule has 4 nitrogen and oxygen atoms in total. The molecule has 0 aromatic heterocycles. The van der Waals surface area contributed by atoms with Gasteiger partial charge in [0.05, 0.1) is 4.92 Å². The summed E-state index contributed by atoms with van der Waals surface area (Å²) in [5.41, 5.74) is 4.67. The van der Waals surface area contributed by atoms with Gasteiger partial charge in [-0.25, -0.2) is 0 Å². The summed E-state index contributed by atoms with van der Waals surface area (Å²) in [6, 6.07) is 4.13. The Kier molecular flexibility index (Phi) is 3.04. The van der Waals surface area contributed by atoms with Gasteiger partial charge in [-0.15, -0.1) is 0 Å². The molecule has 1 rings (SSSR count). The summed E-state index contributed by atoms with van der Waals surface area (Å²) in [6.45, 7) is 3.72. The van der Waals surface area contributed by atoms with Gasteiger partial charge in [-0.2, -0.15) is 4.39 Å². The highest BCUT2D eigenvalue weighted by atomic mass is 19.1. The molecule has 0 saturated heterocycles. The van der Waals surface area contributed by atoms with Crippen molar-refractivity contribution >= 4 is 5.69 Å². The van der Waals surface area contributed by atoms with Gasteiger partial charge < -0.3 is 5.73 Å². The summed E-state index contributed by atoms with van der Waals surface area (Å²) >= 11 is 0. The second-order valence-corrected chi connectivity index (χ2v) is 3.98. The zero-order valence-electron chi connectivity index (χ0n) is 8.66. The lowest BCUT2D eigenvalue weighted by atomic mass is 9.84.